The number of hydrogen-bond donors (Lipinski definition) is 1. The lowest BCUT2D eigenvalue weighted by atomic mass is 9.94. The zero-order chi connectivity index (χ0) is 22.7. The van der Waals surface area contributed by atoms with Crippen LogP contribution in [0.3, 0.4) is 0 Å². The van der Waals surface area contributed by atoms with Gasteiger partial charge in [-0.3, -0.25) is 14.5 Å². The molecular formula is C25H27BrN2O4. The number of halogens is 1. The van der Waals surface area contributed by atoms with Crippen LogP contribution in [0.4, 0.5) is 0 Å². The Hall–Kier alpha value is -2.48. The number of nitrogens with zero attached hydrogens (tertiary/aromatic N) is 2. The predicted octanol–water partition coefficient (Wildman–Crippen LogP) is 3.77. The fourth-order valence-corrected chi connectivity index (χ4v) is 4.49. The first kappa shape index (κ1) is 22.7. The SMILES string of the molecule is CCc1ccc(C2/C(=C(/O)c3ccc(Br)cc3)C(=O)C(=O)N2CCN2CCOCC2)cc1. The number of carbonyl (C=O) groups is 2. The molecule has 6 nitrogen and oxygen atoms in total. The molecule has 2 heterocycles. The molecule has 2 aliphatic heterocycles. The molecule has 1 unspecified atom stereocenters. The van der Waals surface area contributed by atoms with Gasteiger partial charge in [0.25, 0.3) is 11.7 Å². The average Bonchev–Trinajstić information content (AvgIpc) is 3.08. The van der Waals surface area contributed by atoms with Gasteiger partial charge in [0.05, 0.1) is 24.8 Å². The van der Waals surface area contributed by atoms with E-state index in [9.17, 15) is 14.7 Å². The molecule has 0 radical (unpaired) electrons. The van der Waals surface area contributed by atoms with Gasteiger partial charge < -0.3 is 14.7 Å². The maximum atomic E-state index is 13.1. The third-order valence-electron chi connectivity index (χ3n) is 6.12. The molecule has 2 fully saturated rings. The molecule has 2 aromatic rings. The van der Waals surface area contributed by atoms with E-state index in [1.165, 1.54) is 5.56 Å². The molecular weight excluding hydrogens is 472 g/mol. The van der Waals surface area contributed by atoms with Crippen LogP contribution in [0.5, 0.6) is 0 Å². The number of ether oxygens (including phenoxy) is 1. The highest BCUT2D eigenvalue weighted by Gasteiger charge is 2.46. The van der Waals surface area contributed by atoms with Gasteiger partial charge in [0, 0.05) is 36.2 Å². The van der Waals surface area contributed by atoms with Gasteiger partial charge in [0.15, 0.2) is 0 Å². The van der Waals surface area contributed by atoms with Crippen molar-refractivity contribution in [2.24, 2.45) is 0 Å². The first-order valence-electron chi connectivity index (χ1n) is 10.9. The summed E-state index contributed by atoms with van der Waals surface area (Å²) < 4.78 is 6.27. The fourth-order valence-electron chi connectivity index (χ4n) is 4.23. The summed E-state index contributed by atoms with van der Waals surface area (Å²) in [6.45, 7) is 6.09. The Morgan fingerprint density at radius 3 is 2.31 bits per heavy atom. The number of ketones is 1. The van der Waals surface area contributed by atoms with Crippen LogP contribution < -0.4 is 0 Å². The van der Waals surface area contributed by atoms with Crippen molar-refractivity contribution in [3.05, 3.63) is 75.3 Å². The van der Waals surface area contributed by atoms with Crippen LogP contribution in [0.2, 0.25) is 0 Å². The van der Waals surface area contributed by atoms with Crippen LogP contribution in [0, 0.1) is 0 Å². The summed E-state index contributed by atoms with van der Waals surface area (Å²) in [5.74, 6) is -1.35. The van der Waals surface area contributed by atoms with Crippen molar-refractivity contribution >= 4 is 33.4 Å². The van der Waals surface area contributed by atoms with E-state index in [0.717, 1.165) is 29.5 Å². The summed E-state index contributed by atoms with van der Waals surface area (Å²) in [6.07, 6.45) is 0.899. The quantitative estimate of drug-likeness (QED) is 0.373. The Kier molecular flexibility index (Phi) is 7.08. The van der Waals surface area contributed by atoms with Gasteiger partial charge in [0.1, 0.15) is 5.76 Å². The largest absolute Gasteiger partial charge is 0.507 e. The number of amides is 1. The van der Waals surface area contributed by atoms with Gasteiger partial charge in [-0.05, 0) is 29.7 Å². The lowest BCUT2D eigenvalue weighted by molar-refractivity contribution is -0.140. The summed E-state index contributed by atoms with van der Waals surface area (Å²) >= 11 is 3.39. The number of hydrogen-bond acceptors (Lipinski definition) is 5. The lowest BCUT2D eigenvalue weighted by Gasteiger charge is -2.31. The third-order valence-corrected chi connectivity index (χ3v) is 6.65. The molecule has 0 aliphatic carbocycles. The van der Waals surface area contributed by atoms with Crippen molar-refractivity contribution in [3.63, 3.8) is 0 Å². The van der Waals surface area contributed by atoms with Gasteiger partial charge in [-0.1, -0.05) is 59.3 Å². The monoisotopic (exact) mass is 498 g/mol. The normalized spacial score (nSPS) is 21.3. The maximum absolute atomic E-state index is 13.1. The third kappa shape index (κ3) is 4.65. The Morgan fingerprint density at radius 2 is 1.69 bits per heavy atom. The average molecular weight is 499 g/mol. The van der Waals surface area contributed by atoms with E-state index in [4.69, 9.17) is 4.74 Å². The second-order valence-corrected chi connectivity index (χ2v) is 8.96. The van der Waals surface area contributed by atoms with E-state index in [1.807, 2.05) is 24.3 Å². The second kappa shape index (κ2) is 9.98. The molecule has 0 saturated carbocycles. The molecule has 32 heavy (non-hydrogen) atoms. The van der Waals surface area contributed by atoms with Crippen LogP contribution in [0.1, 0.15) is 29.7 Å². The smallest absolute Gasteiger partial charge is 0.295 e. The minimum absolute atomic E-state index is 0.142. The molecule has 1 N–H and O–H groups in total. The Bertz CT molecular complexity index is 1010. The standard InChI is InChI=1S/C25H27BrN2O4/c1-2-17-3-5-18(6-4-17)22-21(23(29)19-7-9-20(26)10-8-19)24(30)25(31)28(22)12-11-27-13-15-32-16-14-27/h3-10,22,29H,2,11-16H2,1H3/b23-21-. The van der Waals surface area contributed by atoms with E-state index in [0.29, 0.717) is 31.9 Å². The fraction of sp³-hybridized carbons (Fsp3) is 0.360. The Labute approximate surface area is 196 Å². The van der Waals surface area contributed by atoms with Gasteiger partial charge in [-0.15, -0.1) is 0 Å². The number of Topliss-reactive ketones (excluding diaryl/α,β-unsaturated/α-hetero) is 1. The van der Waals surface area contributed by atoms with Gasteiger partial charge in [-0.2, -0.15) is 0 Å². The highest BCUT2D eigenvalue weighted by Crippen LogP contribution is 2.39. The minimum Gasteiger partial charge on any atom is -0.507 e. The van der Waals surface area contributed by atoms with Gasteiger partial charge in [0.2, 0.25) is 0 Å². The summed E-state index contributed by atoms with van der Waals surface area (Å²) in [6, 6.07) is 14.4. The number of carbonyl (C=O) groups excluding carboxylic acids is 2. The number of benzene rings is 2. The molecule has 0 spiro atoms. The Balaban J connectivity index is 1.72. The van der Waals surface area contributed by atoms with Crippen LogP contribution in [-0.2, 0) is 20.7 Å². The molecule has 168 valence electrons. The number of aliphatic hydroxyl groups excluding tert-OH is 1. The summed E-state index contributed by atoms with van der Waals surface area (Å²) in [5.41, 5.74) is 2.65. The van der Waals surface area contributed by atoms with Gasteiger partial charge >= 0.3 is 0 Å². The van der Waals surface area contributed by atoms with Crippen molar-refractivity contribution in [1.82, 2.24) is 9.80 Å². The Morgan fingerprint density at radius 1 is 1.03 bits per heavy atom. The molecule has 0 aromatic heterocycles. The van der Waals surface area contributed by atoms with Crippen LogP contribution in [-0.4, -0.2) is 66.0 Å². The highest BCUT2D eigenvalue weighted by molar-refractivity contribution is 9.10. The molecule has 2 saturated heterocycles. The van der Waals surface area contributed by atoms with Crippen molar-refractivity contribution in [1.29, 1.82) is 0 Å². The zero-order valence-corrected chi connectivity index (χ0v) is 19.7. The minimum atomic E-state index is -0.642. The van der Waals surface area contributed by atoms with Crippen molar-refractivity contribution < 1.29 is 19.4 Å². The van der Waals surface area contributed by atoms with E-state index >= 15 is 0 Å². The van der Waals surface area contributed by atoms with E-state index in [2.05, 4.69) is 27.8 Å². The predicted molar refractivity (Wildman–Crippen MR) is 126 cm³/mol. The first-order valence-corrected chi connectivity index (χ1v) is 11.7. The maximum Gasteiger partial charge on any atom is 0.295 e. The van der Waals surface area contributed by atoms with Gasteiger partial charge in [-0.25, -0.2) is 0 Å². The molecule has 1 amide bonds. The lowest BCUT2D eigenvalue weighted by Crippen LogP contribution is -2.42. The summed E-state index contributed by atoms with van der Waals surface area (Å²) in [7, 11) is 0. The topological polar surface area (TPSA) is 70.1 Å². The number of aliphatic hydroxyl groups is 1. The van der Waals surface area contributed by atoms with E-state index in [1.54, 1.807) is 29.2 Å². The molecule has 7 heteroatoms. The molecule has 0 bridgehead atoms. The molecule has 2 aromatic carbocycles. The zero-order valence-electron chi connectivity index (χ0n) is 18.1. The van der Waals surface area contributed by atoms with E-state index < -0.39 is 17.7 Å². The summed E-state index contributed by atoms with van der Waals surface area (Å²) in [5, 5.41) is 11.1. The van der Waals surface area contributed by atoms with Crippen molar-refractivity contribution in [3.8, 4) is 0 Å². The van der Waals surface area contributed by atoms with Crippen LogP contribution >= 0.6 is 15.9 Å². The first-order chi connectivity index (χ1) is 15.5. The number of likely N-dealkylation sites (tertiary alicyclic amines) is 1. The van der Waals surface area contributed by atoms with Crippen molar-refractivity contribution in [2.45, 2.75) is 19.4 Å². The van der Waals surface area contributed by atoms with E-state index in [-0.39, 0.29) is 11.3 Å². The van der Waals surface area contributed by atoms with Crippen molar-refractivity contribution in [2.75, 3.05) is 39.4 Å². The van der Waals surface area contributed by atoms with Crippen LogP contribution in [0.25, 0.3) is 5.76 Å². The molecule has 2 aliphatic rings. The number of rotatable bonds is 6. The number of aryl methyl sites for hydroxylation is 1. The highest BCUT2D eigenvalue weighted by atomic mass is 79.9. The molecule has 4 rings (SSSR count). The summed E-state index contributed by atoms with van der Waals surface area (Å²) in [4.78, 5) is 30.0. The molecule has 1 atom stereocenters. The van der Waals surface area contributed by atoms with Crippen LogP contribution in [0.15, 0.2) is 58.6 Å². The second-order valence-electron chi connectivity index (χ2n) is 8.05. The number of morpholine rings is 1.